The lowest BCUT2D eigenvalue weighted by Gasteiger charge is -2.19. The van der Waals surface area contributed by atoms with Crippen molar-refractivity contribution in [3.8, 4) is 11.5 Å². The van der Waals surface area contributed by atoms with Gasteiger partial charge in [0, 0.05) is 23.5 Å². The Morgan fingerprint density at radius 3 is 2.54 bits per heavy atom. The van der Waals surface area contributed by atoms with Crippen molar-refractivity contribution in [2.75, 3.05) is 20.8 Å². The number of thiol groups is 1. The number of benzene rings is 1. The summed E-state index contributed by atoms with van der Waals surface area (Å²) in [7, 11) is 3.34. The van der Waals surface area contributed by atoms with Gasteiger partial charge >= 0.3 is 5.17 Å². The molecule has 0 amide bonds. The SMILES string of the molecule is CC(=O)[O-].CCNC(S)=[N+]=C1CCCc2c1ccc(OC)c2OC. The van der Waals surface area contributed by atoms with Gasteiger partial charge in [-0.3, -0.25) is 5.32 Å². The molecular weight excluding hydrogens is 328 g/mol. The number of nitrogens with zero attached hydrogens (tertiary/aromatic N) is 1. The maximum absolute atomic E-state index is 8.89. The van der Waals surface area contributed by atoms with Gasteiger partial charge in [0.05, 0.1) is 20.8 Å². The third-order valence-corrected chi connectivity index (χ3v) is 3.63. The van der Waals surface area contributed by atoms with Gasteiger partial charge in [-0.25, -0.2) is 4.67 Å². The Kier molecular flexibility index (Phi) is 8.22. The number of aliphatic carboxylic acids is 1. The first kappa shape index (κ1) is 19.9. The molecule has 0 fully saturated rings. The number of methoxy groups -OCH3 is 2. The van der Waals surface area contributed by atoms with E-state index in [4.69, 9.17) is 19.4 Å². The van der Waals surface area contributed by atoms with E-state index in [-0.39, 0.29) is 0 Å². The Bertz CT molecular complexity index is 648. The zero-order valence-corrected chi connectivity index (χ0v) is 15.4. The van der Waals surface area contributed by atoms with Gasteiger partial charge in [0.2, 0.25) is 5.71 Å². The molecule has 1 aliphatic carbocycles. The van der Waals surface area contributed by atoms with Crippen molar-refractivity contribution < 1.29 is 19.4 Å². The molecule has 0 spiro atoms. The monoisotopic (exact) mass is 352 g/mol. The van der Waals surface area contributed by atoms with Crippen LogP contribution in [0.4, 0.5) is 0 Å². The second-order valence-electron chi connectivity index (χ2n) is 5.08. The number of carbonyl (C=O) groups excluding carboxylic acids is 1. The molecule has 1 aliphatic rings. The lowest BCUT2D eigenvalue weighted by Crippen LogP contribution is -2.24. The van der Waals surface area contributed by atoms with Crippen LogP contribution in [0.25, 0.3) is 0 Å². The number of hydrogen-bond acceptors (Lipinski definition) is 4. The minimum absolute atomic E-state index is 0.658. The highest BCUT2D eigenvalue weighted by Crippen LogP contribution is 2.36. The minimum atomic E-state index is -1.08. The van der Waals surface area contributed by atoms with E-state index < -0.39 is 5.97 Å². The normalized spacial score (nSPS) is 12.1. The Balaban J connectivity index is 0.000000648. The van der Waals surface area contributed by atoms with Gasteiger partial charge in [0.25, 0.3) is 0 Å². The van der Waals surface area contributed by atoms with E-state index >= 15 is 0 Å². The predicted octanol–water partition coefficient (Wildman–Crippen LogP) is 0.548. The average molecular weight is 352 g/mol. The van der Waals surface area contributed by atoms with Gasteiger partial charge in [-0.05, 0) is 51.5 Å². The molecule has 1 N–H and O–H groups in total. The van der Waals surface area contributed by atoms with Crippen molar-refractivity contribution in [2.24, 2.45) is 0 Å². The maximum atomic E-state index is 8.89. The van der Waals surface area contributed by atoms with Crippen molar-refractivity contribution in [2.45, 2.75) is 33.1 Å². The molecule has 0 atom stereocenters. The van der Waals surface area contributed by atoms with Crippen LogP contribution in [0.1, 0.15) is 37.8 Å². The third kappa shape index (κ3) is 5.51. The molecule has 0 radical (unpaired) electrons. The number of carboxylic acids is 1. The van der Waals surface area contributed by atoms with Gasteiger partial charge in [0.1, 0.15) is 0 Å². The summed E-state index contributed by atoms with van der Waals surface area (Å²) in [5, 5.41) is 12.7. The second-order valence-corrected chi connectivity index (χ2v) is 5.51. The molecule has 0 saturated carbocycles. The van der Waals surface area contributed by atoms with E-state index in [1.807, 2.05) is 13.0 Å². The highest BCUT2D eigenvalue weighted by atomic mass is 32.1. The third-order valence-electron chi connectivity index (χ3n) is 3.38. The average Bonchev–Trinajstić information content (AvgIpc) is 2.53. The lowest BCUT2D eigenvalue weighted by molar-refractivity contribution is -0.302. The number of hydrogen-bond donors (Lipinski definition) is 2. The van der Waals surface area contributed by atoms with Crippen molar-refractivity contribution in [1.29, 1.82) is 0 Å². The first-order valence-electron chi connectivity index (χ1n) is 7.73. The molecule has 6 nitrogen and oxygen atoms in total. The van der Waals surface area contributed by atoms with Crippen LogP contribution in [0, 0.1) is 0 Å². The van der Waals surface area contributed by atoms with Gasteiger partial charge in [-0.1, -0.05) is 0 Å². The quantitative estimate of drug-likeness (QED) is 0.359. The highest BCUT2D eigenvalue weighted by molar-refractivity contribution is 7.96. The molecule has 0 saturated heterocycles. The summed E-state index contributed by atoms with van der Waals surface area (Å²) in [4.78, 5) is 8.89. The summed E-state index contributed by atoms with van der Waals surface area (Å²) in [6, 6.07) is 3.99. The molecule has 0 bridgehead atoms. The fourth-order valence-electron chi connectivity index (χ4n) is 2.52. The van der Waals surface area contributed by atoms with Crippen LogP contribution in [0.2, 0.25) is 0 Å². The lowest BCUT2D eigenvalue weighted by atomic mass is 9.89. The molecule has 1 aromatic rings. The molecule has 132 valence electrons. The Labute approximate surface area is 148 Å². The number of amidine groups is 1. The molecule has 0 aromatic heterocycles. The summed E-state index contributed by atoms with van der Waals surface area (Å²) in [6.07, 6.45) is 3.00. The van der Waals surface area contributed by atoms with Crippen molar-refractivity contribution in [1.82, 2.24) is 9.98 Å². The van der Waals surface area contributed by atoms with Gasteiger partial charge in [-0.15, -0.1) is 0 Å². The molecule has 0 aliphatic heterocycles. The molecule has 7 heteroatoms. The Morgan fingerprint density at radius 2 is 2.00 bits per heavy atom. The Hall–Kier alpha value is -2.11. The first-order chi connectivity index (χ1) is 11.4. The summed E-state index contributed by atoms with van der Waals surface area (Å²) < 4.78 is 15.5. The molecule has 0 unspecified atom stereocenters. The zero-order valence-electron chi connectivity index (χ0n) is 14.5. The number of ether oxygens (including phenoxy) is 2. The van der Waals surface area contributed by atoms with E-state index in [9.17, 15) is 0 Å². The van der Waals surface area contributed by atoms with Crippen molar-refractivity contribution >= 4 is 29.5 Å². The van der Waals surface area contributed by atoms with Crippen LogP contribution in [0.15, 0.2) is 12.1 Å². The molecule has 0 heterocycles. The largest absolute Gasteiger partial charge is 0.550 e. The maximum Gasteiger partial charge on any atom is 0.401 e. The van der Waals surface area contributed by atoms with Gasteiger partial charge in [0.15, 0.2) is 11.5 Å². The standard InChI is InChI=1S/C15H20N2O2S.C2H4O2/c1-4-16-15(20)17-12-7-5-6-11-10(12)8-9-13(18-2)14(11)19-3;1-2(3)4/h8-9H,4-7H2,1-3H3,(H,16,20);1H3,(H,3,4). The van der Waals surface area contributed by atoms with Crippen LogP contribution in [0.5, 0.6) is 11.5 Å². The molecular formula is C17H24N2O4S. The van der Waals surface area contributed by atoms with Crippen molar-refractivity contribution in [3.05, 3.63) is 23.3 Å². The van der Waals surface area contributed by atoms with E-state index in [1.54, 1.807) is 14.2 Å². The minimum Gasteiger partial charge on any atom is -0.550 e. The van der Waals surface area contributed by atoms with Crippen LogP contribution >= 0.6 is 12.6 Å². The molecule has 1 aromatic carbocycles. The van der Waals surface area contributed by atoms with E-state index in [0.717, 1.165) is 55.5 Å². The van der Waals surface area contributed by atoms with Gasteiger partial charge < -0.3 is 19.4 Å². The van der Waals surface area contributed by atoms with E-state index in [0.29, 0.717) is 5.17 Å². The number of fused-ring (bicyclic) bond motifs is 1. The number of nitrogens with one attached hydrogen (secondary N) is 1. The molecule has 2 rings (SSSR count). The van der Waals surface area contributed by atoms with Crippen LogP contribution in [-0.2, 0) is 11.2 Å². The fourth-order valence-corrected chi connectivity index (χ4v) is 2.80. The van der Waals surface area contributed by atoms with E-state index in [2.05, 4.69) is 28.7 Å². The number of rotatable bonds is 3. The first-order valence-corrected chi connectivity index (χ1v) is 8.18. The van der Waals surface area contributed by atoms with Gasteiger partial charge in [-0.2, -0.15) is 0 Å². The smallest absolute Gasteiger partial charge is 0.401 e. The predicted molar refractivity (Wildman–Crippen MR) is 97.1 cm³/mol. The Morgan fingerprint density at radius 1 is 1.33 bits per heavy atom. The summed E-state index contributed by atoms with van der Waals surface area (Å²) in [5.41, 5.74) is 3.37. The van der Waals surface area contributed by atoms with E-state index in [1.165, 1.54) is 5.56 Å². The van der Waals surface area contributed by atoms with Crippen LogP contribution in [-0.4, -0.2) is 37.6 Å². The topological polar surface area (TPSA) is 84.7 Å². The summed E-state index contributed by atoms with van der Waals surface area (Å²) in [5.74, 6) is 0.510. The number of carbonyl (C=O) groups is 1. The zero-order chi connectivity index (χ0) is 18.1. The fraction of sp³-hybridized carbons (Fsp3) is 0.471. The second kappa shape index (κ2) is 9.90. The highest BCUT2D eigenvalue weighted by Gasteiger charge is 2.25. The summed E-state index contributed by atoms with van der Waals surface area (Å²) >= 11 is 4.36. The number of carboxylic acid groups (broad SMARTS) is 1. The van der Waals surface area contributed by atoms with Crippen molar-refractivity contribution in [3.63, 3.8) is 0 Å². The molecule has 24 heavy (non-hydrogen) atoms. The summed E-state index contributed by atoms with van der Waals surface area (Å²) in [6.45, 7) is 3.81. The van der Waals surface area contributed by atoms with Crippen LogP contribution in [0.3, 0.4) is 0 Å². The van der Waals surface area contributed by atoms with Crippen LogP contribution < -0.4 is 24.6 Å².